The number of H-pyrrole nitrogens is 1. The Balaban J connectivity index is 1.32. The maximum absolute atomic E-state index is 13.1. The van der Waals surface area contributed by atoms with Crippen LogP contribution in [0.4, 0.5) is 10.5 Å². The molecule has 1 N–H and O–H groups in total. The number of hydrogen-bond acceptors (Lipinski definition) is 9. The monoisotopic (exact) mass is 488 g/mol. The fraction of sp³-hybridized carbons (Fsp3) is 0.522. The van der Waals surface area contributed by atoms with Crippen molar-refractivity contribution < 1.29 is 33.1 Å². The lowest BCUT2D eigenvalue weighted by Gasteiger charge is -2.33. The summed E-state index contributed by atoms with van der Waals surface area (Å²) in [5.41, 5.74) is 0.547. The number of ether oxygens (including phenoxy) is 3. The lowest BCUT2D eigenvalue weighted by Crippen LogP contribution is -2.48. The highest BCUT2D eigenvalue weighted by Crippen LogP contribution is 2.26. The van der Waals surface area contributed by atoms with E-state index in [1.54, 1.807) is 49.9 Å². The second-order valence-corrected chi connectivity index (χ2v) is 9.42. The van der Waals surface area contributed by atoms with Gasteiger partial charge in [-0.25, -0.2) is 14.4 Å². The van der Waals surface area contributed by atoms with Crippen LogP contribution in [0.25, 0.3) is 11.4 Å². The molecule has 0 spiro atoms. The van der Waals surface area contributed by atoms with Crippen LogP contribution in [0.5, 0.6) is 0 Å². The molecule has 0 radical (unpaired) electrons. The number of carbonyl (C=O) groups is 3. The van der Waals surface area contributed by atoms with Gasteiger partial charge in [-0.3, -0.25) is 19.2 Å². The number of aromatic nitrogens is 2. The number of hydrogen-bond donors (Lipinski definition) is 1. The molecule has 0 aliphatic carbocycles. The fourth-order valence-electron chi connectivity index (χ4n) is 3.99. The van der Waals surface area contributed by atoms with E-state index in [2.05, 4.69) is 14.7 Å². The molecule has 3 heterocycles. The standard InChI is InChI=1S/C23H28N4O8/c1-23(2,3)34-18(28)13-32-16-5-4-10-26(11-16)20(29)17-12-27(22(31)33-17)15-8-6-14(7-9-15)19-24-21(30)35-25-19/h6-9,16-17H,4-5,10-13H2,1-3H3,(H,24,25,30). The van der Waals surface area contributed by atoms with Crippen molar-refractivity contribution in [3.63, 3.8) is 0 Å². The highest BCUT2D eigenvalue weighted by molar-refractivity contribution is 5.95. The number of piperidine rings is 1. The molecule has 2 aromatic rings. The predicted molar refractivity (Wildman–Crippen MR) is 122 cm³/mol. The van der Waals surface area contributed by atoms with Crippen molar-refractivity contribution in [2.75, 3.05) is 31.1 Å². The second-order valence-electron chi connectivity index (χ2n) is 9.42. The second kappa shape index (κ2) is 9.90. The smallest absolute Gasteiger partial charge is 0.439 e. The van der Waals surface area contributed by atoms with E-state index in [-0.39, 0.29) is 31.0 Å². The number of likely N-dealkylation sites (tertiary alicyclic amines) is 1. The van der Waals surface area contributed by atoms with Gasteiger partial charge in [0, 0.05) is 24.3 Å². The third-order valence-corrected chi connectivity index (χ3v) is 5.53. The third kappa shape index (κ3) is 6.07. The van der Waals surface area contributed by atoms with Crippen molar-refractivity contribution in [2.45, 2.75) is 51.4 Å². The minimum atomic E-state index is -0.946. The highest BCUT2D eigenvalue weighted by Gasteiger charge is 2.40. The first-order valence-corrected chi connectivity index (χ1v) is 11.4. The van der Waals surface area contributed by atoms with Crippen molar-refractivity contribution >= 4 is 23.7 Å². The number of benzene rings is 1. The zero-order valence-corrected chi connectivity index (χ0v) is 19.8. The van der Waals surface area contributed by atoms with E-state index in [1.807, 2.05) is 0 Å². The minimum absolute atomic E-state index is 0.0672. The number of aromatic amines is 1. The molecule has 2 fully saturated rings. The van der Waals surface area contributed by atoms with Crippen molar-refractivity contribution in [3.8, 4) is 11.4 Å². The molecule has 2 unspecified atom stereocenters. The summed E-state index contributed by atoms with van der Waals surface area (Å²) in [4.78, 5) is 54.0. The van der Waals surface area contributed by atoms with Gasteiger partial charge in [-0.15, -0.1) is 0 Å². The number of amides is 2. The molecule has 1 aromatic carbocycles. The van der Waals surface area contributed by atoms with Gasteiger partial charge in [0.05, 0.1) is 12.6 Å². The molecular formula is C23H28N4O8. The Labute approximate surface area is 201 Å². The van der Waals surface area contributed by atoms with Crippen molar-refractivity contribution in [3.05, 3.63) is 34.8 Å². The third-order valence-electron chi connectivity index (χ3n) is 5.53. The lowest BCUT2D eigenvalue weighted by atomic mass is 10.1. The Morgan fingerprint density at radius 1 is 1.17 bits per heavy atom. The van der Waals surface area contributed by atoms with Crippen LogP contribution < -0.4 is 10.7 Å². The van der Waals surface area contributed by atoms with Crippen LogP contribution in [0.1, 0.15) is 33.6 Å². The van der Waals surface area contributed by atoms with E-state index in [0.29, 0.717) is 37.2 Å². The molecule has 2 amide bonds. The van der Waals surface area contributed by atoms with Crippen molar-refractivity contribution in [1.29, 1.82) is 0 Å². The van der Waals surface area contributed by atoms with E-state index >= 15 is 0 Å². The molecule has 2 saturated heterocycles. The Kier molecular flexibility index (Phi) is 6.92. The van der Waals surface area contributed by atoms with Crippen LogP contribution in [0.15, 0.2) is 33.6 Å². The topological polar surface area (TPSA) is 144 Å². The van der Waals surface area contributed by atoms with E-state index in [1.165, 1.54) is 4.90 Å². The molecule has 2 aliphatic rings. The van der Waals surface area contributed by atoms with Gasteiger partial charge in [0.2, 0.25) is 0 Å². The molecule has 0 saturated carbocycles. The molecule has 35 heavy (non-hydrogen) atoms. The van der Waals surface area contributed by atoms with Gasteiger partial charge in [0.25, 0.3) is 5.91 Å². The summed E-state index contributed by atoms with van der Waals surface area (Å²) < 4.78 is 20.8. The van der Waals surface area contributed by atoms with Gasteiger partial charge >= 0.3 is 17.8 Å². The molecule has 2 aliphatic heterocycles. The van der Waals surface area contributed by atoms with Crippen molar-refractivity contribution in [2.24, 2.45) is 0 Å². The average molecular weight is 488 g/mol. The molecular weight excluding hydrogens is 460 g/mol. The van der Waals surface area contributed by atoms with Gasteiger partial charge in [-0.1, -0.05) is 5.16 Å². The number of anilines is 1. The van der Waals surface area contributed by atoms with Gasteiger partial charge < -0.3 is 19.1 Å². The van der Waals surface area contributed by atoms with Crippen LogP contribution in [-0.4, -0.2) is 77.1 Å². The first-order valence-electron chi connectivity index (χ1n) is 11.4. The van der Waals surface area contributed by atoms with Crippen LogP contribution in [0.3, 0.4) is 0 Å². The number of nitrogens with one attached hydrogen (secondary N) is 1. The Morgan fingerprint density at radius 3 is 2.57 bits per heavy atom. The highest BCUT2D eigenvalue weighted by atomic mass is 16.6. The summed E-state index contributed by atoms with van der Waals surface area (Å²) in [7, 11) is 0. The zero-order valence-electron chi connectivity index (χ0n) is 19.8. The first-order chi connectivity index (χ1) is 16.6. The molecule has 12 heteroatoms. The number of cyclic esters (lactones) is 1. The van der Waals surface area contributed by atoms with E-state index < -0.39 is 29.5 Å². The molecule has 2 atom stereocenters. The van der Waals surface area contributed by atoms with Crippen LogP contribution in [0, 0.1) is 0 Å². The molecule has 0 bridgehead atoms. The first kappa shape index (κ1) is 24.5. The van der Waals surface area contributed by atoms with Gasteiger partial charge in [0.15, 0.2) is 11.9 Å². The summed E-state index contributed by atoms with van der Waals surface area (Å²) in [6, 6.07) is 6.67. The average Bonchev–Trinajstić information content (AvgIpc) is 3.42. The van der Waals surface area contributed by atoms with Crippen LogP contribution in [-0.2, 0) is 23.8 Å². The van der Waals surface area contributed by atoms with Crippen molar-refractivity contribution in [1.82, 2.24) is 15.0 Å². The Bertz CT molecular complexity index is 1130. The molecule has 1 aromatic heterocycles. The summed E-state index contributed by atoms with van der Waals surface area (Å²) in [5.74, 6) is -1.15. The minimum Gasteiger partial charge on any atom is -0.458 e. The van der Waals surface area contributed by atoms with Gasteiger partial charge in [-0.05, 0) is 57.9 Å². The summed E-state index contributed by atoms with van der Waals surface area (Å²) in [5, 5.41) is 3.63. The Hall–Kier alpha value is -3.67. The quantitative estimate of drug-likeness (QED) is 0.601. The van der Waals surface area contributed by atoms with E-state index in [4.69, 9.17) is 14.2 Å². The normalized spacial score (nSPS) is 20.6. The molecule has 12 nitrogen and oxygen atoms in total. The summed E-state index contributed by atoms with van der Waals surface area (Å²) in [6.07, 6.45) is -0.448. The number of rotatable bonds is 6. The maximum Gasteiger partial charge on any atom is 0.439 e. The fourth-order valence-corrected chi connectivity index (χ4v) is 3.99. The van der Waals surface area contributed by atoms with Gasteiger partial charge in [-0.2, -0.15) is 0 Å². The number of nitrogens with zero attached hydrogens (tertiary/aromatic N) is 3. The Morgan fingerprint density at radius 2 is 1.91 bits per heavy atom. The summed E-state index contributed by atoms with van der Waals surface area (Å²) >= 11 is 0. The molecule has 188 valence electrons. The predicted octanol–water partition coefficient (Wildman–Crippen LogP) is 1.70. The largest absolute Gasteiger partial charge is 0.458 e. The maximum atomic E-state index is 13.1. The zero-order chi connectivity index (χ0) is 25.2. The summed E-state index contributed by atoms with van der Waals surface area (Å²) in [6.45, 7) is 6.05. The van der Waals surface area contributed by atoms with Crippen LogP contribution >= 0.6 is 0 Å². The van der Waals surface area contributed by atoms with Gasteiger partial charge in [0.1, 0.15) is 12.2 Å². The van der Waals surface area contributed by atoms with Crippen LogP contribution in [0.2, 0.25) is 0 Å². The van der Waals surface area contributed by atoms with E-state index in [9.17, 15) is 19.2 Å². The lowest BCUT2D eigenvalue weighted by molar-refractivity contribution is -0.163. The number of esters is 1. The number of carbonyl (C=O) groups excluding carboxylic acids is 3. The SMILES string of the molecule is CC(C)(C)OC(=O)COC1CCCN(C(=O)C2CN(c3ccc(-c4noc(=O)[nH]4)cc3)C(=O)O2)C1. The molecule has 4 rings (SSSR count). The van der Waals surface area contributed by atoms with E-state index in [0.717, 1.165) is 0 Å².